The first-order chi connectivity index (χ1) is 6.60. The fraction of sp³-hybridized carbons (Fsp3) is 0.750. The molecule has 0 radical (unpaired) electrons. The maximum absolute atomic E-state index is 11.1. The molecular weight excluding hydrogens is 224 g/mol. The second-order valence-corrected chi connectivity index (χ2v) is 4.11. The van der Waals surface area contributed by atoms with Crippen LogP contribution in [0, 0.1) is 0 Å². The summed E-state index contributed by atoms with van der Waals surface area (Å²) in [5.41, 5.74) is 0. The van der Waals surface area contributed by atoms with Gasteiger partial charge in [0.25, 0.3) is 0 Å². The fourth-order valence-corrected chi connectivity index (χ4v) is 1.58. The number of carbonyl (C=O) groups excluding carboxylic acids is 2. The zero-order valence-electron chi connectivity index (χ0n) is 8.30. The van der Waals surface area contributed by atoms with Crippen LogP contribution in [0.2, 0.25) is 0 Å². The Morgan fingerprint density at radius 3 is 2.64 bits per heavy atom. The van der Waals surface area contributed by atoms with E-state index in [1.54, 1.807) is 11.8 Å². The fourth-order valence-electron chi connectivity index (χ4n) is 0.826. The maximum atomic E-state index is 11.1. The SMILES string of the molecule is CSCC(C)NC(=O)NC(=O)CCCl. The number of imide groups is 1. The van der Waals surface area contributed by atoms with E-state index in [9.17, 15) is 9.59 Å². The van der Waals surface area contributed by atoms with Crippen molar-refractivity contribution in [3.8, 4) is 0 Å². The van der Waals surface area contributed by atoms with Crippen molar-refractivity contribution >= 4 is 35.3 Å². The number of rotatable bonds is 5. The number of alkyl halides is 1. The lowest BCUT2D eigenvalue weighted by Crippen LogP contribution is -2.44. The van der Waals surface area contributed by atoms with Gasteiger partial charge < -0.3 is 5.32 Å². The van der Waals surface area contributed by atoms with Gasteiger partial charge in [-0.25, -0.2) is 4.79 Å². The molecule has 0 aromatic rings. The zero-order valence-corrected chi connectivity index (χ0v) is 9.87. The van der Waals surface area contributed by atoms with Gasteiger partial charge in [-0.1, -0.05) is 0 Å². The smallest absolute Gasteiger partial charge is 0.321 e. The molecule has 2 N–H and O–H groups in total. The van der Waals surface area contributed by atoms with E-state index in [-0.39, 0.29) is 24.2 Å². The van der Waals surface area contributed by atoms with Crippen LogP contribution in [0.3, 0.4) is 0 Å². The molecule has 6 heteroatoms. The van der Waals surface area contributed by atoms with Crippen molar-refractivity contribution in [2.24, 2.45) is 0 Å². The third kappa shape index (κ3) is 7.03. The molecule has 0 saturated heterocycles. The minimum atomic E-state index is -0.457. The monoisotopic (exact) mass is 238 g/mol. The first-order valence-corrected chi connectivity index (χ1v) is 6.18. The average molecular weight is 239 g/mol. The number of thioether (sulfide) groups is 1. The summed E-state index contributed by atoms with van der Waals surface area (Å²) < 4.78 is 0. The Balaban J connectivity index is 3.69. The van der Waals surface area contributed by atoms with E-state index in [0.717, 1.165) is 5.75 Å². The van der Waals surface area contributed by atoms with E-state index >= 15 is 0 Å². The summed E-state index contributed by atoms with van der Waals surface area (Å²) >= 11 is 6.97. The third-order valence-electron chi connectivity index (χ3n) is 1.37. The summed E-state index contributed by atoms with van der Waals surface area (Å²) in [5, 5.41) is 4.82. The number of amides is 3. The van der Waals surface area contributed by atoms with Crippen LogP contribution < -0.4 is 10.6 Å². The molecule has 0 rings (SSSR count). The van der Waals surface area contributed by atoms with Gasteiger partial charge >= 0.3 is 6.03 Å². The summed E-state index contributed by atoms with van der Waals surface area (Å²) in [6.07, 6.45) is 2.11. The maximum Gasteiger partial charge on any atom is 0.321 e. The van der Waals surface area contributed by atoms with E-state index in [1.807, 2.05) is 13.2 Å². The summed E-state index contributed by atoms with van der Waals surface area (Å²) in [6, 6.07) is -0.407. The third-order valence-corrected chi connectivity index (χ3v) is 2.39. The summed E-state index contributed by atoms with van der Waals surface area (Å²) in [5.74, 6) is 0.685. The summed E-state index contributed by atoms with van der Waals surface area (Å²) in [4.78, 5) is 22.0. The van der Waals surface area contributed by atoms with E-state index in [0.29, 0.717) is 0 Å². The molecule has 4 nitrogen and oxygen atoms in total. The molecule has 1 unspecified atom stereocenters. The normalized spacial score (nSPS) is 11.9. The van der Waals surface area contributed by atoms with E-state index in [2.05, 4.69) is 10.6 Å². The van der Waals surface area contributed by atoms with Crippen molar-refractivity contribution in [1.29, 1.82) is 0 Å². The quantitative estimate of drug-likeness (QED) is 0.708. The Bertz CT molecular complexity index is 202. The van der Waals surface area contributed by atoms with Crippen LogP contribution in [0.1, 0.15) is 13.3 Å². The van der Waals surface area contributed by atoms with Gasteiger partial charge in [-0.05, 0) is 13.2 Å². The molecule has 0 fully saturated rings. The Morgan fingerprint density at radius 2 is 2.14 bits per heavy atom. The molecule has 14 heavy (non-hydrogen) atoms. The lowest BCUT2D eigenvalue weighted by molar-refractivity contribution is -0.119. The summed E-state index contributed by atoms with van der Waals surface area (Å²) in [6.45, 7) is 1.88. The molecule has 1 atom stereocenters. The predicted octanol–water partition coefficient (Wildman–Crippen LogP) is 1.19. The van der Waals surface area contributed by atoms with Gasteiger partial charge in [-0.15, -0.1) is 11.6 Å². The van der Waals surface area contributed by atoms with E-state index < -0.39 is 6.03 Å². The van der Waals surface area contributed by atoms with Gasteiger partial charge in [-0.2, -0.15) is 11.8 Å². The molecule has 0 aromatic carbocycles. The van der Waals surface area contributed by atoms with Gasteiger partial charge in [0, 0.05) is 24.1 Å². The number of halogens is 1. The van der Waals surface area contributed by atoms with Crippen molar-refractivity contribution in [3.05, 3.63) is 0 Å². The highest BCUT2D eigenvalue weighted by Gasteiger charge is 2.09. The zero-order chi connectivity index (χ0) is 11.0. The molecule has 0 heterocycles. The number of carbonyl (C=O) groups is 2. The minimum absolute atomic E-state index is 0.0498. The van der Waals surface area contributed by atoms with Gasteiger partial charge in [-0.3, -0.25) is 10.1 Å². The molecule has 82 valence electrons. The van der Waals surface area contributed by atoms with Crippen LogP contribution in [0.5, 0.6) is 0 Å². The van der Waals surface area contributed by atoms with Crippen LogP contribution >= 0.6 is 23.4 Å². The van der Waals surface area contributed by atoms with Crippen LogP contribution in [-0.2, 0) is 4.79 Å². The largest absolute Gasteiger partial charge is 0.335 e. The highest BCUT2D eigenvalue weighted by Crippen LogP contribution is 1.95. The van der Waals surface area contributed by atoms with Crippen molar-refractivity contribution in [2.45, 2.75) is 19.4 Å². The van der Waals surface area contributed by atoms with Crippen LogP contribution in [0.25, 0.3) is 0 Å². The highest BCUT2D eigenvalue weighted by atomic mass is 35.5. The van der Waals surface area contributed by atoms with E-state index in [4.69, 9.17) is 11.6 Å². The van der Waals surface area contributed by atoms with Gasteiger partial charge in [0.2, 0.25) is 5.91 Å². The predicted molar refractivity (Wildman–Crippen MR) is 59.9 cm³/mol. The van der Waals surface area contributed by atoms with Crippen LogP contribution in [0.4, 0.5) is 4.79 Å². The molecule has 0 aliphatic carbocycles. The standard InChI is InChI=1S/C8H15ClN2O2S/c1-6(5-14-2)10-8(13)11-7(12)3-4-9/h6H,3-5H2,1-2H3,(H2,10,11,12,13). The van der Waals surface area contributed by atoms with Crippen LogP contribution in [0.15, 0.2) is 0 Å². The van der Waals surface area contributed by atoms with Gasteiger partial charge in [0.15, 0.2) is 0 Å². The molecule has 3 amide bonds. The second-order valence-electron chi connectivity index (χ2n) is 2.82. The molecule has 0 saturated carbocycles. The molecular formula is C8H15ClN2O2S. The first-order valence-electron chi connectivity index (χ1n) is 4.25. The Kier molecular flexibility index (Phi) is 7.70. The van der Waals surface area contributed by atoms with Crippen molar-refractivity contribution < 1.29 is 9.59 Å². The van der Waals surface area contributed by atoms with Crippen LogP contribution in [-0.4, -0.2) is 35.9 Å². The Hall–Kier alpha value is -0.420. The Morgan fingerprint density at radius 1 is 1.50 bits per heavy atom. The number of hydrogen-bond donors (Lipinski definition) is 2. The van der Waals surface area contributed by atoms with E-state index in [1.165, 1.54) is 0 Å². The Labute approximate surface area is 93.1 Å². The van der Waals surface area contributed by atoms with Crippen molar-refractivity contribution in [2.75, 3.05) is 17.9 Å². The van der Waals surface area contributed by atoms with Crippen molar-refractivity contribution in [1.82, 2.24) is 10.6 Å². The van der Waals surface area contributed by atoms with Gasteiger partial charge in [0.05, 0.1) is 0 Å². The number of urea groups is 1. The topological polar surface area (TPSA) is 58.2 Å². The molecule has 0 aromatic heterocycles. The van der Waals surface area contributed by atoms with Gasteiger partial charge in [0.1, 0.15) is 0 Å². The minimum Gasteiger partial charge on any atom is -0.335 e. The molecule has 0 aliphatic heterocycles. The highest BCUT2D eigenvalue weighted by molar-refractivity contribution is 7.98. The lowest BCUT2D eigenvalue weighted by atomic mass is 10.4. The molecule has 0 aliphatic rings. The lowest BCUT2D eigenvalue weighted by Gasteiger charge is -2.12. The number of nitrogens with one attached hydrogen (secondary N) is 2. The second kappa shape index (κ2) is 7.94. The molecule has 0 bridgehead atoms. The average Bonchev–Trinajstić information content (AvgIpc) is 2.03. The van der Waals surface area contributed by atoms with Crippen molar-refractivity contribution in [3.63, 3.8) is 0 Å². The summed E-state index contributed by atoms with van der Waals surface area (Å²) in [7, 11) is 0. The molecule has 0 spiro atoms. The first kappa shape index (κ1) is 13.6. The number of hydrogen-bond acceptors (Lipinski definition) is 3.